The Bertz CT molecular complexity index is 1500. The van der Waals surface area contributed by atoms with Crippen LogP contribution in [0.4, 0.5) is 0 Å². The molecule has 0 unspecified atom stereocenters. The van der Waals surface area contributed by atoms with Gasteiger partial charge in [0.1, 0.15) is 11.5 Å². The fraction of sp³-hybridized carbons (Fsp3) is 0.212. The minimum atomic E-state index is 0.176. The molecule has 35 heavy (non-hydrogen) atoms. The van der Waals surface area contributed by atoms with Gasteiger partial charge in [0.2, 0.25) is 0 Å². The fourth-order valence-electron chi connectivity index (χ4n) is 5.24. The van der Waals surface area contributed by atoms with Crippen LogP contribution in [0.2, 0.25) is 0 Å². The minimum Gasteiger partial charge on any atom is -0.507 e. The van der Waals surface area contributed by atoms with Gasteiger partial charge in [0, 0.05) is 11.1 Å². The predicted octanol–water partition coefficient (Wildman–Crippen LogP) is 9.17. The third kappa shape index (κ3) is 4.37. The third-order valence-electron chi connectivity index (χ3n) is 7.05. The van der Waals surface area contributed by atoms with E-state index >= 15 is 0 Å². The summed E-state index contributed by atoms with van der Waals surface area (Å²) in [6, 6.07) is 28.5. The highest BCUT2D eigenvalue weighted by Crippen LogP contribution is 2.48. The number of fused-ring (bicyclic) bond motifs is 2. The Morgan fingerprint density at radius 2 is 1.17 bits per heavy atom. The lowest BCUT2D eigenvalue weighted by molar-refractivity contribution is 0.470. The second kappa shape index (κ2) is 9.84. The molecule has 176 valence electrons. The zero-order valence-corrected chi connectivity index (χ0v) is 20.5. The quantitative estimate of drug-likeness (QED) is 0.238. The van der Waals surface area contributed by atoms with Gasteiger partial charge in [-0.1, -0.05) is 105 Å². The molecular weight excluding hydrogens is 428 g/mol. The van der Waals surface area contributed by atoms with Crippen molar-refractivity contribution >= 4 is 21.5 Å². The van der Waals surface area contributed by atoms with Crippen LogP contribution in [0.1, 0.15) is 43.7 Å². The highest BCUT2D eigenvalue weighted by Gasteiger charge is 2.20. The summed E-state index contributed by atoms with van der Waals surface area (Å²) in [5, 5.41) is 26.8. The van der Waals surface area contributed by atoms with Crippen molar-refractivity contribution in [3.63, 3.8) is 0 Å². The first-order valence-electron chi connectivity index (χ1n) is 12.6. The topological polar surface area (TPSA) is 40.5 Å². The highest BCUT2D eigenvalue weighted by molar-refractivity contribution is 6.13. The molecule has 2 nitrogen and oxygen atoms in total. The molecule has 0 saturated carbocycles. The fourth-order valence-corrected chi connectivity index (χ4v) is 5.24. The molecule has 5 aromatic rings. The molecule has 0 spiro atoms. The summed E-state index contributed by atoms with van der Waals surface area (Å²) in [5.74, 6) is 0.396. The van der Waals surface area contributed by atoms with E-state index in [4.69, 9.17) is 0 Å². The number of aryl methyl sites for hydroxylation is 2. The van der Waals surface area contributed by atoms with Crippen molar-refractivity contribution in [3.8, 4) is 33.8 Å². The summed E-state index contributed by atoms with van der Waals surface area (Å²) in [4.78, 5) is 0. The van der Waals surface area contributed by atoms with Crippen LogP contribution in [-0.2, 0) is 6.42 Å². The van der Waals surface area contributed by atoms with E-state index in [1.807, 2.05) is 36.4 Å². The van der Waals surface area contributed by atoms with Gasteiger partial charge in [0.05, 0.1) is 0 Å². The monoisotopic (exact) mass is 460 g/mol. The molecule has 0 atom stereocenters. The Morgan fingerprint density at radius 1 is 0.600 bits per heavy atom. The molecule has 5 rings (SSSR count). The van der Waals surface area contributed by atoms with Crippen molar-refractivity contribution in [2.45, 2.75) is 46.0 Å². The number of hydrogen-bond acceptors (Lipinski definition) is 2. The number of phenolic OH excluding ortho intramolecular Hbond substituents is 2. The Kier molecular flexibility index (Phi) is 6.46. The summed E-state index contributed by atoms with van der Waals surface area (Å²) in [6.45, 7) is 4.29. The van der Waals surface area contributed by atoms with Crippen LogP contribution in [0.3, 0.4) is 0 Å². The smallest absolute Gasteiger partial charge is 0.124 e. The molecule has 2 heteroatoms. The number of aromatic hydroxyl groups is 2. The van der Waals surface area contributed by atoms with Crippen LogP contribution < -0.4 is 0 Å². The maximum Gasteiger partial charge on any atom is 0.124 e. The lowest BCUT2D eigenvalue weighted by Gasteiger charge is -2.18. The number of phenols is 2. The second-order valence-corrected chi connectivity index (χ2v) is 9.52. The second-order valence-electron chi connectivity index (χ2n) is 9.52. The van der Waals surface area contributed by atoms with Crippen molar-refractivity contribution in [2.75, 3.05) is 0 Å². The molecule has 0 fully saturated rings. The van der Waals surface area contributed by atoms with Crippen molar-refractivity contribution in [3.05, 3.63) is 96.1 Å². The van der Waals surface area contributed by atoms with E-state index in [0.717, 1.165) is 51.1 Å². The van der Waals surface area contributed by atoms with Crippen molar-refractivity contribution in [1.29, 1.82) is 0 Å². The molecule has 0 heterocycles. The highest BCUT2D eigenvalue weighted by atomic mass is 16.3. The molecule has 0 aromatic heterocycles. The van der Waals surface area contributed by atoms with Crippen molar-refractivity contribution in [1.82, 2.24) is 0 Å². The summed E-state index contributed by atoms with van der Waals surface area (Å²) in [6.07, 6.45) is 5.67. The lowest BCUT2D eigenvalue weighted by atomic mass is 9.87. The van der Waals surface area contributed by atoms with Crippen LogP contribution >= 0.6 is 0 Å². The van der Waals surface area contributed by atoms with Crippen LogP contribution in [0.5, 0.6) is 11.5 Å². The molecule has 0 amide bonds. The van der Waals surface area contributed by atoms with Crippen LogP contribution in [0, 0.1) is 6.92 Å². The van der Waals surface area contributed by atoms with Gasteiger partial charge in [0.25, 0.3) is 0 Å². The van der Waals surface area contributed by atoms with Gasteiger partial charge >= 0.3 is 0 Å². The van der Waals surface area contributed by atoms with E-state index in [1.165, 1.54) is 24.8 Å². The van der Waals surface area contributed by atoms with Gasteiger partial charge in [0.15, 0.2) is 0 Å². The SMILES string of the molecule is CCCCCCc1cc(O)c(-c2c(O)cc(-c3ccc(C)cc3)c3ccccc23)c2ccccc12. The molecule has 0 bridgehead atoms. The first-order valence-corrected chi connectivity index (χ1v) is 12.6. The molecule has 0 aliphatic carbocycles. The van der Waals surface area contributed by atoms with Gasteiger partial charge in [-0.05, 0) is 70.1 Å². The van der Waals surface area contributed by atoms with E-state index in [1.54, 1.807) is 0 Å². The van der Waals surface area contributed by atoms with Gasteiger partial charge in [-0.15, -0.1) is 0 Å². The number of rotatable bonds is 7. The van der Waals surface area contributed by atoms with E-state index in [9.17, 15) is 10.2 Å². The largest absolute Gasteiger partial charge is 0.507 e. The van der Waals surface area contributed by atoms with Gasteiger partial charge in [-0.2, -0.15) is 0 Å². The average molecular weight is 461 g/mol. The number of hydrogen-bond donors (Lipinski definition) is 2. The average Bonchev–Trinajstić information content (AvgIpc) is 2.88. The van der Waals surface area contributed by atoms with E-state index in [2.05, 4.69) is 62.4 Å². The summed E-state index contributed by atoms with van der Waals surface area (Å²) < 4.78 is 0. The summed E-state index contributed by atoms with van der Waals surface area (Å²) in [7, 11) is 0. The normalized spacial score (nSPS) is 11.4. The lowest BCUT2D eigenvalue weighted by Crippen LogP contribution is -1.93. The predicted molar refractivity (Wildman–Crippen MR) is 148 cm³/mol. The summed E-state index contributed by atoms with van der Waals surface area (Å²) in [5.41, 5.74) is 5.79. The maximum absolute atomic E-state index is 11.4. The van der Waals surface area contributed by atoms with Crippen molar-refractivity contribution in [2.24, 2.45) is 0 Å². The van der Waals surface area contributed by atoms with E-state index < -0.39 is 0 Å². The van der Waals surface area contributed by atoms with Gasteiger partial charge in [-0.25, -0.2) is 0 Å². The summed E-state index contributed by atoms with van der Waals surface area (Å²) >= 11 is 0. The van der Waals surface area contributed by atoms with E-state index in [-0.39, 0.29) is 11.5 Å². The Morgan fingerprint density at radius 3 is 1.83 bits per heavy atom. The molecule has 0 aliphatic rings. The van der Waals surface area contributed by atoms with Crippen LogP contribution in [0.15, 0.2) is 84.9 Å². The van der Waals surface area contributed by atoms with Crippen molar-refractivity contribution < 1.29 is 10.2 Å². The van der Waals surface area contributed by atoms with Gasteiger partial charge < -0.3 is 10.2 Å². The first kappa shape index (κ1) is 23.0. The van der Waals surface area contributed by atoms with Crippen LogP contribution in [-0.4, -0.2) is 10.2 Å². The Hall–Kier alpha value is -3.78. The Labute approximate surface area is 207 Å². The number of unbranched alkanes of at least 4 members (excludes halogenated alkanes) is 3. The minimum absolute atomic E-state index is 0.176. The molecule has 5 aromatic carbocycles. The molecule has 2 N–H and O–H groups in total. The molecular formula is C33H32O2. The third-order valence-corrected chi connectivity index (χ3v) is 7.05. The maximum atomic E-state index is 11.4. The van der Waals surface area contributed by atoms with Gasteiger partial charge in [-0.3, -0.25) is 0 Å². The van der Waals surface area contributed by atoms with E-state index in [0.29, 0.717) is 11.1 Å². The zero-order chi connectivity index (χ0) is 24.4. The first-order chi connectivity index (χ1) is 17.1. The molecule has 0 radical (unpaired) electrons. The molecule has 0 aliphatic heterocycles. The zero-order valence-electron chi connectivity index (χ0n) is 20.5. The van der Waals surface area contributed by atoms with Crippen LogP contribution in [0.25, 0.3) is 43.8 Å². The Balaban J connectivity index is 1.73. The number of benzene rings is 5. The standard InChI is InChI=1S/C33H32O2/c1-3-4-5-6-11-24-20-30(34)32(27-14-9-7-12-25(24)27)33-28-15-10-8-13-26(28)29(21-31(33)35)23-18-16-22(2)17-19-23/h7-10,12-21,34-35H,3-6,11H2,1-2H3. The molecule has 0 saturated heterocycles.